The normalized spacial score (nSPS) is 36.4. The predicted octanol–water partition coefficient (Wildman–Crippen LogP) is 1.25. The average Bonchev–Trinajstić information content (AvgIpc) is 2.57. The van der Waals surface area contributed by atoms with E-state index in [1.165, 1.54) is 0 Å². The largest absolute Gasteiger partial charge is 0.328 e. The summed E-state index contributed by atoms with van der Waals surface area (Å²) in [6.45, 7) is 2.60. The first-order valence-corrected chi connectivity index (χ1v) is 6.58. The van der Waals surface area contributed by atoms with Crippen LogP contribution in [0.5, 0.6) is 0 Å². The van der Waals surface area contributed by atoms with Gasteiger partial charge in [-0.25, -0.2) is 4.39 Å². The molecule has 4 heteroatoms. The molecule has 2 aliphatic rings. The van der Waals surface area contributed by atoms with Crippen molar-refractivity contribution in [2.24, 2.45) is 5.73 Å². The van der Waals surface area contributed by atoms with Crippen molar-refractivity contribution < 1.29 is 4.39 Å². The van der Waals surface area contributed by atoms with Gasteiger partial charge in [-0.05, 0) is 38.1 Å². The van der Waals surface area contributed by atoms with Crippen molar-refractivity contribution in [3.05, 3.63) is 0 Å². The Morgan fingerprint density at radius 1 is 1.43 bits per heavy atom. The van der Waals surface area contributed by atoms with Crippen molar-refractivity contribution in [1.29, 1.82) is 0 Å². The molecule has 2 rings (SSSR count). The lowest BCUT2D eigenvalue weighted by Crippen LogP contribution is -2.46. The van der Waals surface area contributed by atoms with E-state index in [2.05, 4.69) is 4.90 Å². The van der Waals surface area contributed by atoms with Gasteiger partial charge in [0.05, 0.1) is 0 Å². The Bertz CT molecular complexity index is 187. The molecular weight excluding hydrogens is 199 g/mol. The quantitative estimate of drug-likeness (QED) is 0.756. The van der Waals surface area contributed by atoms with Gasteiger partial charge in [-0.3, -0.25) is 0 Å². The summed E-state index contributed by atoms with van der Waals surface area (Å²) in [5, 5.41) is 0. The standard InChI is InChI=1S/C10H19FN2S/c11-10(3-6-14-8-10)7-13-4-1-9(12)2-5-13/h9H,1-8,12H2. The summed E-state index contributed by atoms with van der Waals surface area (Å²) >= 11 is 1.74. The van der Waals surface area contributed by atoms with Gasteiger partial charge in [-0.1, -0.05) is 0 Å². The number of hydrogen-bond acceptors (Lipinski definition) is 3. The van der Waals surface area contributed by atoms with Crippen LogP contribution in [-0.4, -0.2) is 47.8 Å². The number of nitrogens with two attached hydrogens (primary N) is 1. The number of hydrogen-bond donors (Lipinski definition) is 1. The molecule has 0 amide bonds. The van der Waals surface area contributed by atoms with Crippen molar-refractivity contribution in [1.82, 2.24) is 4.90 Å². The lowest BCUT2D eigenvalue weighted by Gasteiger charge is -2.34. The summed E-state index contributed by atoms with van der Waals surface area (Å²) in [7, 11) is 0. The molecule has 2 saturated heterocycles. The van der Waals surface area contributed by atoms with Crippen LogP contribution in [0.3, 0.4) is 0 Å². The first-order chi connectivity index (χ1) is 6.68. The molecule has 2 nitrogen and oxygen atoms in total. The molecule has 0 saturated carbocycles. The molecule has 1 unspecified atom stereocenters. The second kappa shape index (κ2) is 4.37. The Labute approximate surface area is 89.4 Å². The molecule has 2 N–H and O–H groups in total. The molecule has 0 aromatic carbocycles. The summed E-state index contributed by atoms with van der Waals surface area (Å²) in [5.74, 6) is 1.68. The smallest absolute Gasteiger partial charge is 0.133 e. The Morgan fingerprint density at radius 3 is 2.71 bits per heavy atom. The van der Waals surface area contributed by atoms with E-state index in [0.29, 0.717) is 18.3 Å². The van der Waals surface area contributed by atoms with E-state index in [4.69, 9.17) is 5.73 Å². The minimum atomic E-state index is -0.911. The maximum Gasteiger partial charge on any atom is 0.133 e. The highest BCUT2D eigenvalue weighted by atomic mass is 32.2. The molecule has 14 heavy (non-hydrogen) atoms. The van der Waals surface area contributed by atoms with E-state index in [1.807, 2.05) is 0 Å². The summed E-state index contributed by atoms with van der Waals surface area (Å²) in [4.78, 5) is 2.25. The fraction of sp³-hybridized carbons (Fsp3) is 1.00. The third-order valence-electron chi connectivity index (χ3n) is 3.19. The second-order valence-corrected chi connectivity index (χ2v) is 5.67. The highest BCUT2D eigenvalue weighted by Gasteiger charge is 2.36. The van der Waals surface area contributed by atoms with Gasteiger partial charge in [-0.2, -0.15) is 11.8 Å². The van der Waals surface area contributed by atoms with E-state index in [1.54, 1.807) is 11.8 Å². The second-order valence-electron chi connectivity index (χ2n) is 4.57. The monoisotopic (exact) mass is 218 g/mol. The molecule has 0 aliphatic carbocycles. The molecule has 2 fully saturated rings. The molecule has 2 heterocycles. The SMILES string of the molecule is NC1CCN(CC2(F)CCSC2)CC1. The minimum Gasteiger partial charge on any atom is -0.328 e. The Hall–Kier alpha value is 0.200. The van der Waals surface area contributed by atoms with Crippen LogP contribution in [0.1, 0.15) is 19.3 Å². The molecule has 0 bridgehead atoms. The Balaban J connectivity index is 1.79. The van der Waals surface area contributed by atoms with Gasteiger partial charge in [0.15, 0.2) is 0 Å². The van der Waals surface area contributed by atoms with E-state index in [9.17, 15) is 4.39 Å². The van der Waals surface area contributed by atoms with Crippen LogP contribution in [0.15, 0.2) is 0 Å². The van der Waals surface area contributed by atoms with Crippen molar-refractivity contribution in [3.8, 4) is 0 Å². The number of likely N-dealkylation sites (tertiary alicyclic amines) is 1. The van der Waals surface area contributed by atoms with Crippen LogP contribution in [0, 0.1) is 0 Å². The van der Waals surface area contributed by atoms with Gasteiger partial charge in [0.1, 0.15) is 5.67 Å². The van der Waals surface area contributed by atoms with Gasteiger partial charge in [0.2, 0.25) is 0 Å². The van der Waals surface area contributed by atoms with Crippen LogP contribution in [0.4, 0.5) is 4.39 Å². The minimum absolute atomic E-state index is 0.347. The van der Waals surface area contributed by atoms with Gasteiger partial charge < -0.3 is 10.6 Å². The van der Waals surface area contributed by atoms with Crippen molar-refractivity contribution in [3.63, 3.8) is 0 Å². The third kappa shape index (κ3) is 2.61. The molecule has 82 valence electrons. The molecule has 1 atom stereocenters. The fourth-order valence-electron chi connectivity index (χ4n) is 2.22. The first kappa shape index (κ1) is 10.7. The number of rotatable bonds is 2. The zero-order chi connectivity index (χ0) is 10.0. The fourth-order valence-corrected chi connectivity index (χ4v) is 3.47. The number of piperidine rings is 1. The molecule has 0 aromatic heterocycles. The highest BCUT2D eigenvalue weighted by molar-refractivity contribution is 7.99. The zero-order valence-corrected chi connectivity index (χ0v) is 9.36. The van der Waals surface area contributed by atoms with Crippen LogP contribution in [-0.2, 0) is 0 Å². The van der Waals surface area contributed by atoms with Gasteiger partial charge in [0, 0.05) is 18.3 Å². The van der Waals surface area contributed by atoms with E-state index in [0.717, 1.165) is 38.1 Å². The highest BCUT2D eigenvalue weighted by Crippen LogP contribution is 2.32. The first-order valence-electron chi connectivity index (χ1n) is 5.43. The predicted molar refractivity (Wildman–Crippen MR) is 59.4 cm³/mol. The Kier molecular flexibility index (Phi) is 3.34. The summed E-state index contributed by atoms with van der Waals surface area (Å²) in [6.07, 6.45) is 2.80. The van der Waals surface area contributed by atoms with Crippen LogP contribution >= 0.6 is 11.8 Å². The lowest BCUT2D eigenvalue weighted by atomic mass is 10.0. The van der Waals surface area contributed by atoms with Crippen LogP contribution in [0.2, 0.25) is 0 Å². The summed E-state index contributed by atoms with van der Waals surface area (Å²) < 4.78 is 14.1. The molecule has 0 aromatic rings. The topological polar surface area (TPSA) is 29.3 Å². The van der Waals surface area contributed by atoms with Gasteiger partial charge in [0.25, 0.3) is 0 Å². The molecular formula is C10H19FN2S. The number of thioether (sulfide) groups is 1. The van der Waals surface area contributed by atoms with Gasteiger partial charge >= 0.3 is 0 Å². The van der Waals surface area contributed by atoms with Crippen molar-refractivity contribution in [2.45, 2.75) is 31.0 Å². The number of alkyl halides is 1. The number of nitrogens with zero attached hydrogens (tertiary/aromatic N) is 1. The molecule has 0 radical (unpaired) electrons. The number of halogens is 1. The van der Waals surface area contributed by atoms with Crippen LogP contribution < -0.4 is 5.73 Å². The average molecular weight is 218 g/mol. The summed E-state index contributed by atoms with van der Waals surface area (Å²) in [5.41, 5.74) is 4.90. The molecule has 2 aliphatic heterocycles. The van der Waals surface area contributed by atoms with Crippen molar-refractivity contribution >= 4 is 11.8 Å². The Morgan fingerprint density at radius 2 is 2.14 bits per heavy atom. The van der Waals surface area contributed by atoms with Crippen LogP contribution in [0.25, 0.3) is 0 Å². The van der Waals surface area contributed by atoms with Crippen molar-refractivity contribution in [2.75, 3.05) is 31.1 Å². The van der Waals surface area contributed by atoms with E-state index >= 15 is 0 Å². The van der Waals surface area contributed by atoms with E-state index < -0.39 is 5.67 Å². The van der Waals surface area contributed by atoms with Gasteiger partial charge in [-0.15, -0.1) is 0 Å². The zero-order valence-electron chi connectivity index (χ0n) is 8.54. The lowest BCUT2D eigenvalue weighted by molar-refractivity contribution is 0.0975. The maximum atomic E-state index is 14.1. The summed E-state index contributed by atoms with van der Waals surface area (Å²) in [6, 6.07) is 0.347. The molecule has 0 spiro atoms. The third-order valence-corrected chi connectivity index (χ3v) is 4.41. The van der Waals surface area contributed by atoms with E-state index in [-0.39, 0.29) is 0 Å². The maximum absolute atomic E-state index is 14.1.